The lowest BCUT2D eigenvalue weighted by atomic mass is 10.1. The standard InChI is InChI=1S/C12H13NOS/c1-8-7-15-12(13-8)10-6-14-11-5-3-2-4-9(10)11/h2-6,8,12-13H,7H2,1H3. The van der Waals surface area contributed by atoms with Crippen LogP contribution in [-0.2, 0) is 0 Å². The average molecular weight is 219 g/mol. The summed E-state index contributed by atoms with van der Waals surface area (Å²) in [6.07, 6.45) is 1.88. The molecule has 2 aromatic rings. The Kier molecular flexibility index (Phi) is 2.22. The van der Waals surface area contributed by atoms with E-state index in [1.165, 1.54) is 16.7 Å². The van der Waals surface area contributed by atoms with E-state index in [4.69, 9.17) is 4.42 Å². The lowest BCUT2D eigenvalue weighted by Gasteiger charge is -2.08. The number of rotatable bonds is 1. The van der Waals surface area contributed by atoms with E-state index in [0.717, 1.165) is 5.58 Å². The van der Waals surface area contributed by atoms with Crippen molar-refractivity contribution in [3.63, 3.8) is 0 Å². The second-order valence-electron chi connectivity index (χ2n) is 3.97. The number of hydrogen-bond acceptors (Lipinski definition) is 3. The van der Waals surface area contributed by atoms with Crippen molar-refractivity contribution in [1.29, 1.82) is 0 Å². The fourth-order valence-electron chi connectivity index (χ4n) is 1.98. The second kappa shape index (κ2) is 3.58. The van der Waals surface area contributed by atoms with E-state index < -0.39 is 0 Å². The Hall–Kier alpha value is -0.930. The molecular weight excluding hydrogens is 206 g/mol. The van der Waals surface area contributed by atoms with Gasteiger partial charge in [-0.3, -0.25) is 5.32 Å². The Labute approximate surface area is 93.0 Å². The lowest BCUT2D eigenvalue weighted by Crippen LogP contribution is -2.21. The van der Waals surface area contributed by atoms with E-state index in [2.05, 4.69) is 24.4 Å². The SMILES string of the molecule is CC1CSC(c2coc3ccccc23)N1. The van der Waals surface area contributed by atoms with Crippen molar-refractivity contribution >= 4 is 22.7 Å². The van der Waals surface area contributed by atoms with Crippen LogP contribution < -0.4 is 5.32 Å². The van der Waals surface area contributed by atoms with Gasteiger partial charge in [-0.1, -0.05) is 18.2 Å². The molecule has 2 nitrogen and oxygen atoms in total. The van der Waals surface area contributed by atoms with E-state index in [9.17, 15) is 0 Å². The number of thioether (sulfide) groups is 1. The Bertz CT molecular complexity index is 479. The quantitative estimate of drug-likeness (QED) is 0.797. The van der Waals surface area contributed by atoms with Gasteiger partial charge in [0.05, 0.1) is 11.6 Å². The molecule has 3 heteroatoms. The van der Waals surface area contributed by atoms with Crippen molar-refractivity contribution < 1.29 is 4.42 Å². The van der Waals surface area contributed by atoms with Gasteiger partial charge in [-0.2, -0.15) is 0 Å². The molecule has 1 fully saturated rings. The number of nitrogens with one attached hydrogen (secondary N) is 1. The van der Waals surface area contributed by atoms with Gasteiger partial charge in [-0.15, -0.1) is 11.8 Å². The zero-order chi connectivity index (χ0) is 10.3. The van der Waals surface area contributed by atoms with E-state index >= 15 is 0 Å². The van der Waals surface area contributed by atoms with Crippen LogP contribution in [0, 0.1) is 0 Å². The molecule has 2 atom stereocenters. The molecule has 0 radical (unpaired) electrons. The third-order valence-electron chi connectivity index (χ3n) is 2.74. The molecule has 1 aliphatic heterocycles. The average Bonchev–Trinajstić information content (AvgIpc) is 2.83. The fraction of sp³-hybridized carbons (Fsp3) is 0.333. The zero-order valence-corrected chi connectivity index (χ0v) is 9.38. The minimum absolute atomic E-state index is 0.392. The molecule has 2 heterocycles. The summed E-state index contributed by atoms with van der Waals surface area (Å²) < 4.78 is 5.54. The van der Waals surface area contributed by atoms with Crippen LogP contribution >= 0.6 is 11.8 Å². The van der Waals surface area contributed by atoms with Gasteiger partial charge in [0.25, 0.3) is 0 Å². The third-order valence-corrected chi connectivity index (χ3v) is 4.16. The van der Waals surface area contributed by atoms with E-state index in [1.54, 1.807) is 0 Å². The summed E-state index contributed by atoms with van der Waals surface area (Å²) in [7, 11) is 0. The van der Waals surface area contributed by atoms with Crippen LogP contribution in [0.4, 0.5) is 0 Å². The van der Waals surface area contributed by atoms with E-state index in [0.29, 0.717) is 11.4 Å². The van der Waals surface area contributed by atoms with Crippen molar-refractivity contribution in [3.8, 4) is 0 Å². The molecule has 0 spiro atoms. The molecule has 0 aliphatic carbocycles. The molecule has 1 N–H and O–H groups in total. The van der Waals surface area contributed by atoms with Crippen LogP contribution in [0.1, 0.15) is 17.9 Å². The topological polar surface area (TPSA) is 25.2 Å². The summed E-state index contributed by atoms with van der Waals surface area (Å²) in [4.78, 5) is 0. The van der Waals surface area contributed by atoms with Crippen LogP contribution in [-0.4, -0.2) is 11.8 Å². The maximum Gasteiger partial charge on any atom is 0.134 e. The fourth-order valence-corrected chi connectivity index (χ4v) is 3.24. The maximum atomic E-state index is 5.54. The number of benzene rings is 1. The van der Waals surface area contributed by atoms with Crippen LogP contribution in [0.5, 0.6) is 0 Å². The Morgan fingerprint density at radius 2 is 2.27 bits per heavy atom. The summed E-state index contributed by atoms with van der Waals surface area (Å²) in [5.74, 6) is 1.17. The van der Waals surface area contributed by atoms with Gasteiger partial charge in [0.1, 0.15) is 5.58 Å². The van der Waals surface area contributed by atoms with Gasteiger partial charge in [0, 0.05) is 22.7 Å². The largest absolute Gasteiger partial charge is 0.464 e. The van der Waals surface area contributed by atoms with Crippen molar-refractivity contribution in [2.75, 3.05) is 5.75 Å². The van der Waals surface area contributed by atoms with Gasteiger partial charge in [0.15, 0.2) is 0 Å². The van der Waals surface area contributed by atoms with E-state index in [1.807, 2.05) is 30.2 Å². The van der Waals surface area contributed by atoms with Crippen molar-refractivity contribution in [1.82, 2.24) is 5.32 Å². The molecule has 2 unspecified atom stereocenters. The first-order valence-electron chi connectivity index (χ1n) is 5.18. The molecule has 1 aromatic heterocycles. The summed E-state index contributed by atoms with van der Waals surface area (Å²) >= 11 is 1.95. The lowest BCUT2D eigenvalue weighted by molar-refractivity contribution is 0.588. The summed E-state index contributed by atoms with van der Waals surface area (Å²) in [6.45, 7) is 2.22. The first-order valence-corrected chi connectivity index (χ1v) is 6.23. The predicted molar refractivity (Wildman–Crippen MR) is 64.0 cm³/mol. The molecule has 0 saturated carbocycles. The number of para-hydroxylation sites is 1. The van der Waals surface area contributed by atoms with Crippen molar-refractivity contribution in [2.24, 2.45) is 0 Å². The van der Waals surface area contributed by atoms with Crippen LogP contribution in [0.2, 0.25) is 0 Å². The Balaban J connectivity index is 2.04. The second-order valence-corrected chi connectivity index (χ2v) is 5.11. The Morgan fingerprint density at radius 1 is 1.40 bits per heavy atom. The molecule has 15 heavy (non-hydrogen) atoms. The molecule has 3 rings (SSSR count). The van der Waals surface area contributed by atoms with Gasteiger partial charge in [-0.25, -0.2) is 0 Å². The van der Waals surface area contributed by atoms with E-state index in [-0.39, 0.29) is 0 Å². The van der Waals surface area contributed by atoms with Gasteiger partial charge in [0.2, 0.25) is 0 Å². The summed E-state index contributed by atoms with van der Waals surface area (Å²) in [6, 6.07) is 8.80. The molecule has 1 saturated heterocycles. The molecular formula is C12H13NOS. The molecule has 78 valence electrons. The molecule has 0 amide bonds. The maximum absolute atomic E-state index is 5.54. The highest BCUT2D eigenvalue weighted by molar-refractivity contribution is 7.99. The predicted octanol–water partition coefficient (Wildman–Crippen LogP) is 3.16. The van der Waals surface area contributed by atoms with Crippen LogP contribution in [0.25, 0.3) is 11.0 Å². The molecule has 0 bridgehead atoms. The van der Waals surface area contributed by atoms with Crippen LogP contribution in [0.15, 0.2) is 34.9 Å². The zero-order valence-electron chi connectivity index (χ0n) is 8.57. The van der Waals surface area contributed by atoms with Crippen molar-refractivity contribution in [2.45, 2.75) is 18.3 Å². The highest BCUT2D eigenvalue weighted by Crippen LogP contribution is 2.37. The highest BCUT2D eigenvalue weighted by atomic mass is 32.2. The number of furan rings is 1. The van der Waals surface area contributed by atoms with Crippen molar-refractivity contribution in [3.05, 3.63) is 36.1 Å². The first-order chi connectivity index (χ1) is 7.34. The van der Waals surface area contributed by atoms with Gasteiger partial charge in [-0.05, 0) is 13.0 Å². The monoisotopic (exact) mass is 219 g/mol. The molecule has 1 aliphatic rings. The minimum atomic E-state index is 0.392. The summed E-state index contributed by atoms with van der Waals surface area (Å²) in [5.41, 5.74) is 2.26. The van der Waals surface area contributed by atoms with Gasteiger partial charge < -0.3 is 4.42 Å². The number of hydrogen-bond donors (Lipinski definition) is 1. The normalized spacial score (nSPS) is 26.2. The smallest absolute Gasteiger partial charge is 0.134 e. The summed E-state index contributed by atoms with van der Waals surface area (Å²) in [5, 5.41) is 5.18. The third kappa shape index (κ3) is 1.56. The minimum Gasteiger partial charge on any atom is -0.464 e. The van der Waals surface area contributed by atoms with Gasteiger partial charge >= 0.3 is 0 Å². The Morgan fingerprint density at radius 3 is 3.07 bits per heavy atom. The first kappa shape index (κ1) is 9.31. The van der Waals surface area contributed by atoms with Crippen LogP contribution in [0.3, 0.4) is 0 Å². The number of fused-ring (bicyclic) bond motifs is 1. The molecule has 1 aromatic carbocycles. The highest BCUT2D eigenvalue weighted by Gasteiger charge is 2.24.